The molecule has 1 atom stereocenters. The van der Waals surface area contributed by atoms with Crippen molar-refractivity contribution in [1.82, 2.24) is 4.90 Å². The van der Waals surface area contributed by atoms with E-state index in [0.717, 1.165) is 19.4 Å². The van der Waals surface area contributed by atoms with Gasteiger partial charge in [-0.15, -0.1) is 0 Å². The lowest BCUT2D eigenvalue weighted by Crippen LogP contribution is -2.47. The molecule has 0 bridgehead atoms. The van der Waals surface area contributed by atoms with Crippen molar-refractivity contribution >= 4 is 5.91 Å². The largest absolute Gasteiger partial charge is 0.337 e. The fourth-order valence-corrected chi connectivity index (χ4v) is 2.12. The standard InChI is InChI=1S/C13H18N2O/c1-10-5-2-3-6-11(10)9-15-8-4-7-12(14)13(15)16/h2-3,5-6,12H,4,7-9,14H2,1H3. The summed E-state index contributed by atoms with van der Waals surface area (Å²) in [6.07, 6.45) is 1.84. The summed E-state index contributed by atoms with van der Waals surface area (Å²) in [4.78, 5) is 13.7. The van der Waals surface area contributed by atoms with Gasteiger partial charge in [-0.25, -0.2) is 0 Å². The number of nitrogens with two attached hydrogens (primary N) is 1. The number of rotatable bonds is 2. The Labute approximate surface area is 96.2 Å². The molecule has 1 heterocycles. The van der Waals surface area contributed by atoms with E-state index < -0.39 is 0 Å². The Kier molecular flexibility index (Phi) is 3.25. The molecule has 0 spiro atoms. The van der Waals surface area contributed by atoms with Gasteiger partial charge in [-0.05, 0) is 30.9 Å². The molecule has 1 fully saturated rings. The van der Waals surface area contributed by atoms with Crippen LogP contribution in [-0.4, -0.2) is 23.4 Å². The molecule has 0 radical (unpaired) electrons. The summed E-state index contributed by atoms with van der Waals surface area (Å²) >= 11 is 0. The van der Waals surface area contributed by atoms with Crippen LogP contribution < -0.4 is 5.73 Å². The number of hydrogen-bond acceptors (Lipinski definition) is 2. The summed E-state index contributed by atoms with van der Waals surface area (Å²) < 4.78 is 0. The van der Waals surface area contributed by atoms with Crippen molar-refractivity contribution in [2.24, 2.45) is 5.73 Å². The number of carbonyl (C=O) groups excluding carboxylic acids is 1. The van der Waals surface area contributed by atoms with E-state index in [1.807, 2.05) is 17.0 Å². The number of benzene rings is 1. The highest BCUT2D eigenvalue weighted by Crippen LogP contribution is 2.16. The van der Waals surface area contributed by atoms with Crippen LogP contribution in [0.5, 0.6) is 0 Å². The van der Waals surface area contributed by atoms with Gasteiger partial charge in [-0.3, -0.25) is 4.79 Å². The van der Waals surface area contributed by atoms with Gasteiger partial charge >= 0.3 is 0 Å². The molecule has 1 saturated heterocycles. The monoisotopic (exact) mass is 218 g/mol. The first kappa shape index (κ1) is 11.1. The van der Waals surface area contributed by atoms with Crippen molar-refractivity contribution in [3.8, 4) is 0 Å². The zero-order chi connectivity index (χ0) is 11.5. The van der Waals surface area contributed by atoms with E-state index in [2.05, 4.69) is 19.1 Å². The second kappa shape index (κ2) is 4.66. The molecule has 1 unspecified atom stereocenters. The van der Waals surface area contributed by atoms with Gasteiger partial charge in [-0.2, -0.15) is 0 Å². The quantitative estimate of drug-likeness (QED) is 0.816. The Morgan fingerprint density at radius 2 is 2.19 bits per heavy atom. The van der Waals surface area contributed by atoms with Crippen LogP contribution in [0.1, 0.15) is 24.0 Å². The summed E-state index contributed by atoms with van der Waals surface area (Å²) in [5, 5.41) is 0. The molecule has 2 rings (SSSR count). The fourth-order valence-electron chi connectivity index (χ4n) is 2.12. The van der Waals surface area contributed by atoms with Gasteiger partial charge in [-0.1, -0.05) is 24.3 Å². The Balaban J connectivity index is 2.10. The van der Waals surface area contributed by atoms with Crippen molar-refractivity contribution < 1.29 is 4.79 Å². The third-order valence-electron chi connectivity index (χ3n) is 3.19. The van der Waals surface area contributed by atoms with Crippen LogP contribution in [0.15, 0.2) is 24.3 Å². The molecule has 1 aromatic carbocycles. The van der Waals surface area contributed by atoms with Crippen molar-refractivity contribution in [2.45, 2.75) is 32.4 Å². The lowest BCUT2D eigenvalue weighted by atomic mass is 10.0. The van der Waals surface area contributed by atoms with E-state index in [9.17, 15) is 4.79 Å². The predicted octanol–water partition coefficient (Wildman–Crippen LogP) is 1.44. The molecule has 1 aliphatic heterocycles. The SMILES string of the molecule is Cc1ccccc1CN1CCCC(N)C1=O. The van der Waals surface area contributed by atoms with Crippen molar-refractivity contribution in [2.75, 3.05) is 6.54 Å². The number of amides is 1. The van der Waals surface area contributed by atoms with Crippen LogP contribution in [0.2, 0.25) is 0 Å². The van der Waals surface area contributed by atoms with Crippen LogP contribution in [0.4, 0.5) is 0 Å². The summed E-state index contributed by atoms with van der Waals surface area (Å²) in [5.74, 6) is 0.0921. The van der Waals surface area contributed by atoms with Crippen LogP contribution >= 0.6 is 0 Å². The Morgan fingerprint density at radius 1 is 1.44 bits per heavy atom. The number of hydrogen-bond donors (Lipinski definition) is 1. The molecule has 16 heavy (non-hydrogen) atoms. The predicted molar refractivity (Wildman–Crippen MR) is 63.8 cm³/mol. The second-order valence-electron chi connectivity index (χ2n) is 4.43. The van der Waals surface area contributed by atoms with E-state index in [1.165, 1.54) is 11.1 Å². The first-order valence-electron chi connectivity index (χ1n) is 5.77. The minimum Gasteiger partial charge on any atom is -0.337 e. The minimum atomic E-state index is -0.294. The van der Waals surface area contributed by atoms with Gasteiger partial charge in [0.2, 0.25) is 5.91 Å². The van der Waals surface area contributed by atoms with Crippen LogP contribution in [0, 0.1) is 6.92 Å². The average molecular weight is 218 g/mol. The Morgan fingerprint density at radius 3 is 2.94 bits per heavy atom. The van der Waals surface area contributed by atoms with Crippen LogP contribution in [0.3, 0.4) is 0 Å². The van der Waals surface area contributed by atoms with E-state index in [4.69, 9.17) is 5.73 Å². The molecule has 0 saturated carbocycles. The van der Waals surface area contributed by atoms with Gasteiger partial charge in [0.05, 0.1) is 6.04 Å². The molecule has 1 aliphatic rings. The van der Waals surface area contributed by atoms with Gasteiger partial charge in [0, 0.05) is 13.1 Å². The molecule has 0 aromatic heterocycles. The lowest BCUT2D eigenvalue weighted by molar-refractivity contribution is -0.135. The number of nitrogens with zero attached hydrogens (tertiary/aromatic N) is 1. The summed E-state index contributed by atoms with van der Waals surface area (Å²) in [7, 11) is 0. The normalized spacial score (nSPS) is 21.2. The molecular formula is C13H18N2O. The van der Waals surface area contributed by atoms with Crippen molar-refractivity contribution in [3.05, 3.63) is 35.4 Å². The van der Waals surface area contributed by atoms with Gasteiger partial charge < -0.3 is 10.6 Å². The van der Waals surface area contributed by atoms with Crippen LogP contribution in [0.25, 0.3) is 0 Å². The summed E-state index contributed by atoms with van der Waals surface area (Å²) in [6.45, 7) is 3.60. The maximum atomic E-state index is 11.8. The molecule has 3 nitrogen and oxygen atoms in total. The molecule has 1 amide bonds. The van der Waals surface area contributed by atoms with Gasteiger partial charge in [0.25, 0.3) is 0 Å². The zero-order valence-electron chi connectivity index (χ0n) is 9.65. The molecule has 1 aromatic rings. The van der Waals surface area contributed by atoms with Gasteiger partial charge in [0.15, 0.2) is 0 Å². The van der Waals surface area contributed by atoms with E-state index in [1.54, 1.807) is 0 Å². The van der Waals surface area contributed by atoms with Crippen molar-refractivity contribution in [3.63, 3.8) is 0 Å². The number of piperidine rings is 1. The lowest BCUT2D eigenvalue weighted by Gasteiger charge is -2.30. The minimum absolute atomic E-state index is 0.0921. The average Bonchev–Trinajstić information content (AvgIpc) is 2.28. The second-order valence-corrected chi connectivity index (χ2v) is 4.43. The van der Waals surface area contributed by atoms with E-state index in [-0.39, 0.29) is 11.9 Å². The highest BCUT2D eigenvalue weighted by Gasteiger charge is 2.25. The number of carbonyl (C=O) groups is 1. The third-order valence-corrected chi connectivity index (χ3v) is 3.19. The molecular weight excluding hydrogens is 200 g/mol. The Bertz CT molecular complexity index is 389. The topological polar surface area (TPSA) is 46.3 Å². The van der Waals surface area contributed by atoms with E-state index in [0.29, 0.717) is 6.54 Å². The Hall–Kier alpha value is -1.35. The smallest absolute Gasteiger partial charge is 0.239 e. The summed E-state index contributed by atoms with van der Waals surface area (Å²) in [5.41, 5.74) is 8.21. The summed E-state index contributed by atoms with van der Waals surface area (Å²) in [6, 6.07) is 7.88. The van der Waals surface area contributed by atoms with Gasteiger partial charge in [0.1, 0.15) is 0 Å². The highest BCUT2D eigenvalue weighted by molar-refractivity contribution is 5.82. The maximum Gasteiger partial charge on any atom is 0.239 e. The first-order valence-corrected chi connectivity index (χ1v) is 5.77. The fraction of sp³-hybridized carbons (Fsp3) is 0.462. The molecule has 2 N–H and O–H groups in total. The van der Waals surface area contributed by atoms with E-state index >= 15 is 0 Å². The van der Waals surface area contributed by atoms with Crippen molar-refractivity contribution in [1.29, 1.82) is 0 Å². The highest BCUT2D eigenvalue weighted by atomic mass is 16.2. The third kappa shape index (κ3) is 2.25. The molecule has 86 valence electrons. The molecule has 3 heteroatoms. The number of aryl methyl sites for hydroxylation is 1. The first-order chi connectivity index (χ1) is 7.68. The van der Waals surface area contributed by atoms with Crippen LogP contribution in [-0.2, 0) is 11.3 Å². The zero-order valence-corrected chi connectivity index (χ0v) is 9.65. The molecule has 0 aliphatic carbocycles. The number of likely N-dealkylation sites (tertiary alicyclic amines) is 1. The maximum absolute atomic E-state index is 11.8.